The van der Waals surface area contributed by atoms with Crippen molar-refractivity contribution >= 4 is 11.8 Å². The molecular formula is C16H22F3N3O5. The van der Waals surface area contributed by atoms with E-state index in [0.29, 0.717) is 17.2 Å². The Bertz CT molecular complexity index is 722. The number of unbranched alkanes of at least 4 members (excludes halogenated alkanes) is 2. The summed E-state index contributed by atoms with van der Waals surface area (Å²) in [5, 5.41) is 10.0. The van der Waals surface area contributed by atoms with Gasteiger partial charge >= 0.3 is 17.8 Å². The number of alkyl halides is 3. The van der Waals surface area contributed by atoms with Crippen LogP contribution in [0, 0.1) is 0 Å². The number of hydrogen-bond acceptors (Lipinski definition) is 7. The third-order valence-electron chi connectivity index (χ3n) is 4.19. The third-order valence-corrected chi connectivity index (χ3v) is 4.19. The normalized spacial score (nSPS) is 22.8. The summed E-state index contributed by atoms with van der Waals surface area (Å²) in [6, 6.07) is 0. The number of hydrogen-bond donors (Lipinski definition) is 2. The molecule has 11 heteroatoms. The number of nitrogens with two attached hydrogens (primary N) is 1. The number of anilines is 1. The second-order valence-electron chi connectivity index (χ2n) is 6.30. The first-order valence-corrected chi connectivity index (χ1v) is 8.58. The smallest absolute Gasteiger partial charge is 0.421 e. The van der Waals surface area contributed by atoms with Crippen molar-refractivity contribution in [2.45, 2.75) is 63.6 Å². The molecule has 1 aliphatic heterocycles. The van der Waals surface area contributed by atoms with Crippen LogP contribution in [0.1, 0.15) is 50.8 Å². The van der Waals surface area contributed by atoms with Crippen molar-refractivity contribution in [3.8, 4) is 0 Å². The Morgan fingerprint density at radius 1 is 1.48 bits per heavy atom. The van der Waals surface area contributed by atoms with E-state index in [1.165, 1.54) is 0 Å². The topological polar surface area (TPSA) is 117 Å². The van der Waals surface area contributed by atoms with Gasteiger partial charge in [0.15, 0.2) is 0 Å². The summed E-state index contributed by atoms with van der Waals surface area (Å²) in [7, 11) is 0. The Labute approximate surface area is 153 Å². The molecule has 1 saturated heterocycles. The molecule has 0 radical (unpaired) electrons. The maximum absolute atomic E-state index is 13.0. The summed E-state index contributed by atoms with van der Waals surface area (Å²) < 4.78 is 49.9. The summed E-state index contributed by atoms with van der Waals surface area (Å²) in [4.78, 5) is 26.7. The van der Waals surface area contributed by atoms with Crippen LogP contribution in [0.25, 0.3) is 0 Å². The Morgan fingerprint density at radius 2 is 2.19 bits per heavy atom. The third kappa shape index (κ3) is 5.42. The van der Waals surface area contributed by atoms with Crippen LogP contribution in [0.5, 0.6) is 0 Å². The van der Waals surface area contributed by atoms with Gasteiger partial charge in [-0.25, -0.2) is 4.79 Å². The molecule has 1 aromatic heterocycles. The van der Waals surface area contributed by atoms with Crippen molar-refractivity contribution in [1.82, 2.24) is 9.55 Å². The number of aromatic nitrogens is 2. The van der Waals surface area contributed by atoms with Crippen molar-refractivity contribution in [2.75, 3.05) is 12.3 Å². The average molecular weight is 393 g/mol. The van der Waals surface area contributed by atoms with Crippen LogP contribution in [0.2, 0.25) is 0 Å². The van der Waals surface area contributed by atoms with E-state index < -0.39 is 47.7 Å². The van der Waals surface area contributed by atoms with Crippen LogP contribution in [-0.4, -0.2) is 39.4 Å². The van der Waals surface area contributed by atoms with Crippen molar-refractivity contribution in [1.29, 1.82) is 0 Å². The van der Waals surface area contributed by atoms with E-state index in [2.05, 4.69) is 4.98 Å². The fraction of sp³-hybridized carbons (Fsp3) is 0.688. The Kier molecular flexibility index (Phi) is 6.82. The number of aliphatic hydroxyl groups is 1. The minimum Gasteiger partial charge on any atom is -0.463 e. The standard InChI is InChI=1S/C16H22F3N3O5/c1-2-3-4-5-13(24)26-8-11-10(23)6-12(27-11)22-7-9(16(17,18)19)14(20)21-15(22)25/h7,10-12,23H,2-6,8H2,1H3,(H2,20,21,25). The number of esters is 1. The largest absolute Gasteiger partial charge is 0.463 e. The lowest BCUT2D eigenvalue weighted by molar-refractivity contribution is -0.150. The zero-order valence-electron chi connectivity index (χ0n) is 14.7. The van der Waals surface area contributed by atoms with Gasteiger partial charge in [-0.2, -0.15) is 18.2 Å². The monoisotopic (exact) mass is 393 g/mol. The van der Waals surface area contributed by atoms with Gasteiger partial charge in [0.2, 0.25) is 0 Å². The molecule has 0 spiro atoms. The molecule has 0 aromatic carbocycles. The van der Waals surface area contributed by atoms with Gasteiger partial charge in [-0.3, -0.25) is 9.36 Å². The first kappa shape index (κ1) is 21.2. The van der Waals surface area contributed by atoms with E-state index in [4.69, 9.17) is 15.2 Å². The number of carbonyl (C=O) groups is 1. The summed E-state index contributed by atoms with van der Waals surface area (Å²) in [6.07, 6.45) is -4.93. The molecule has 3 unspecified atom stereocenters. The van der Waals surface area contributed by atoms with Crippen molar-refractivity contribution in [3.63, 3.8) is 0 Å². The average Bonchev–Trinajstić information content (AvgIpc) is 2.92. The Hall–Kier alpha value is -2.14. The van der Waals surface area contributed by atoms with Crippen LogP contribution in [0.3, 0.4) is 0 Å². The molecule has 2 heterocycles. The molecule has 0 aliphatic carbocycles. The van der Waals surface area contributed by atoms with Crippen molar-refractivity contribution < 1.29 is 32.5 Å². The fourth-order valence-electron chi connectivity index (χ4n) is 2.71. The fourth-order valence-corrected chi connectivity index (χ4v) is 2.71. The first-order valence-electron chi connectivity index (χ1n) is 8.58. The highest BCUT2D eigenvalue weighted by molar-refractivity contribution is 5.69. The molecule has 2 rings (SSSR count). The van der Waals surface area contributed by atoms with Gasteiger partial charge < -0.3 is 20.3 Å². The van der Waals surface area contributed by atoms with Crippen LogP contribution in [0.15, 0.2) is 11.0 Å². The molecule has 152 valence electrons. The molecule has 1 fully saturated rings. The summed E-state index contributed by atoms with van der Waals surface area (Å²) in [5.41, 5.74) is 2.86. The van der Waals surface area contributed by atoms with Crippen molar-refractivity contribution in [3.05, 3.63) is 22.2 Å². The van der Waals surface area contributed by atoms with Crippen LogP contribution < -0.4 is 11.4 Å². The first-order chi connectivity index (χ1) is 12.6. The molecule has 1 aliphatic rings. The number of rotatable bonds is 7. The van der Waals surface area contributed by atoms with Gasteiger partial charge in [0.05, 0.1) is 6.10 Å². The number of nitrogens with zero attached hydrogens (tertiary/aromatic N) is 2. The molecule has 0 bridgehead atoms. The zero-order chi connectivity index (χ0) is 20.2. The van der Waals surface area contributed by atoms with E-state index >= 15 is 0 Å². The molecular weight excluding hydrogens is 371 g/mol. The molecule has 1 aromatic rings. The van der Waals surface area contributed by atoms with Crippen LogP contribution in [0.4, 0.5) is 19.0 Å². The van der Waals surface area contributed by atoms with Crippen molar-refractivity contribution in [2.24, 2.45) is 0 Å². The molecule has 0 saturated carbocycles. The zero-order valence-corrected chi connectivity index (χ0v) is 14.7. The Balaban J connectivity index is 2.04. The van der Waals surface area contributed by atoms with E-state index in [1.54, 1.807) is 0 Å². The number of nitrogen functional groups attached to an aromatic ring is 1. The van der Waals surface area contributed by atoms with E-state index in [-0.39, 0.29) is 19.4 Å². The lowest BCUT2D eigenvalue weighted by atomic mass is 10.2. The summed E-state index contributed by atoms with van der Waals surface area (Å²) in [6.45, 7) is 1.73. The number of halogens is 3. The maximum Gasteiger partial charge on any atom is 0.421 e. The predicted octanol–water partition coefficient (Wildman–Crippen LogP) is 1.62. The van der Waals surface area contributed by atoms with Gasteiger partial charge in [0.1, 0.15) is 30.3 Å². The molecule has 3 N–H and O–H groups in total. The highest BCUT2D eigenvalue weighted by atomic mass is 19.4. The van der Waals surface area contributed by atoms with Gasteiger partial charge in [0, 0.05) is 19.0 Å². The lowest BCUT2D eigenvalue weighted by Gasteiger charge is -2.18. The summed E-state index contributed by atoms with van der Waals surface area (Å²) in [5.74, 6) is -1.38. The molecule has 3 atom stereocenters. The van der Waals surface area contributed by atoms with E-state index in [1.807, 2.05) is 6.92 Å². The highest BCUT2D eigenvalue weighted by Crippen LogP contribution is 2.34. The minimum atomic E-state index is -4.79. The molecule has 27 heavy (non-hydrogen) atoms. The van der Waals surface area contributed by atoms with E-state index in [9.17, 15) is 27.9 Å². The second-order valence-corrected chi connectivity index (χ2v) is 6.30. The SMILES string of the molecule is CCCCCC(=O)OCC1OC(n2cc(C(F)(F)F)c(N)nc2=O)CC1O. The summed E-state index contributed by atoms with van der Waals surface area (Å²) >= 11 is 0. The Morgan fingerprint density at radius 3 is 2.81 bits per heavy atom. The lowest BCUT2D eigenvalue weighted by Crippen LogP contribution is -2.31. The molecule has 0 amide bonds. The quantitative estimate of drug-likeness (QED) is 0.534. The maximum atomic E-state index is 13.0. The number of ether oxygens (including phenoxy) is 2. The van der Waals surface area contributed by atoms with Gasteiger partial charge in [-0.05, 0) is 6.42 Å². The number of aliphatic hydroxyl groups excluding tert-OH is 1. The van der Waals surface area contributed by atoms with Gasteiger partial charge in [-0.1, -0.05) is 19.8 Å². The molecule has 8 nitrogen and oxygen atoms in total. The predicted molar refractivity (Wildman–Crippen MR) is 87.5 cm³/mol. The van der Waals surface area contributed by atoms with Gasteiger partial charge in [0.25, 0.3) is 0 Å². The van der Waals surface area contributed by atoms with E-state index in [0.717, 1.165) is 12.8 Å². The highest BCUT2D eigenvalue weighted by Gasteiger charge is 2.39. The van der Waals surface area contributed by atoms with Gasteiger partial charge in [-0.15, -0.1) is 0 Å². The van der Waals surface area contributed by atoms with Crippen LogP contribution in [-0.2, 0) is 20.4 Å². The van der Waals surface area contributed by atoms with Crippen LogP contribution >= 0.6 is 0 Å². The second kappa shape index (κ2) is 8.70. The number of carbonyl (C=O) groups excluding carboxylic acids is 1. The minimum absolute atomic E-state index is 0.152.